The molecule has 0 saturated heterocycles. The number of amides is 1. The number of hydrogen-bond donors (Lipinski definition) is 0. The summed E-state index contributed by atoms with van der Waals surface area (Å²) < 4.78 is 5.35. The van der Waals surface area contributed by atoms with Gasteiger partial charge < -0.3 is 9.64 Å². The Morgan fingerprint density at radius 2 is 2.11 bits per heavy atom. The molecule has 0 N–H and O–H groups in total. The average Bonchev–Trinajstić information content (AvgIpc) is 2.44. The van der Waals surface area contributed by atoms with Gasteiger partial charge in [-0.2, -0.15) is 5.26 Å². The summed E-state index contributed by atoms with van der Waals surface area (Å²) in [6.45, 7) is 3.08. The monoisotopic (exact) mass is 278 g/mol. The molecule has 0 saturated carbocycles. The van der Waals surface area contributed by atoms with E-state index in [-0.39, 0.29) is 5.91 Å². The largest absolute Gasteiger partial charge is 0.494 e. The van der Waals surface area contributed by atoms with Crippen LogP contribution in [-0.4, -0.2) is 36.8 Å². The van der Waals surface area contributed by atoms with E-state index < -0.39 is 0 Å². The average molecular weight is 278 g/mol. The molecule has 0 aliphatic carbocycles. The Kier molecular flexibility index (Phi) is 6.83. The van der Waals surface area contributed by atoms with E-state index in [0.717, 1.165) is 10.6 Å². The molecule has 0 heterocycles. The van der Waals surface area contributed by atoms with Crippen LogP contribution in [-0.2, 0) is 4.79 Å². The molecule has 4 nitrogen and oxygen atoms in total. The molecule has 102 valence electrons. The zero-order valence-electron chi connectivity index (χ0n) is 11.3. The number of carbonyl (C=O) groups is 1. The fourth-order valence-corrected chi connectivity index (χ4v) is 2.24. The van der Waals surface area contributed by atoms with E-state index in [0.29, 0.717) is 25.3 Å². The van der Waals surface area contributed by atoms with Crippen molar-refractivity contribution < 1.29 is 9.53 Å². The molecular formula is C14H18N2O2S. The van der Waals surface area contributed by atoms with E-state index in [1.807, 2.05) is 37.3 Å². The standard InChI is InChI=1S/C14H18N2O2S/c1-3-18-12-5-7-13(8-6-12)19-11-14(17)16(2)10-4-9-15/h5-8H,3-4,10-11H2,1-2H3. The summed E-state index contributed by atoms with van der Waals surface area (Å²) in [5.41, 5.74) is 0. The molecule has 1 rings (SSSR count). The first-order valence-electron chi connectivity index (χ1n) is 6.14. The van der Waals surface area contributed by atoms with Crippen LogP contribution in [0, 0.1) is 11.3 Å². The number of nitrogens with zero attached hydrogens (tertiary/aromatic N) is 2. The maximum absolute atomic E-state index is 11.8. The van der Waals surface area contributed by atoms with Crippen molar-refractivity contribution in [3.63, 3.8) is 0 Å². The highest BCUT2D eigenvalue weighted by molar-refractivity contribution is 8.00. The van der Waals surface area contributed by atoms with Crippen LogP contribution >= 0.6 is 11.8 Å². The number of ether oxygens (including phenoxy) is 1. The fourth-order valence-electron chi connectivity index (χ4n) is 1.40. The molecule has 0 fully saturated rings. The van der Waals surface area contributed by atoms with Gasteiger partial charge in [-0.25, -0.2) is 0 Å². The lowest BCUT2D eigenvalue weighted by atomic mass is 10.3. The molecule has 0 radical (unpaired) electrons. The first kappa shape index (κ1) is 15.4. The number of nitriles is 1. The molecule has 0 bridgehead atoms. The molecule has 0 aliphatic rings. The molecule has 1 aromatic carbocycles. The summed E-state index contributed by atoms with van der Waals surface area (Å²) in [6, 6.07) is 9.71. The van der Waals surface area contributed by atoms with Gasteiger partial charge in [0.25, 0.3) is 0 Å². The Labute approximate surface area is 118 Å². The lowest BCUT2D eigenvalue weighted by molar-refractivity contribution is -0.127. The second-order valence-electron chi connectivity index (χ2n) is 3.92. The van der Waals surface area contributed by atoms with Gasteiger partial charge in [0.2, 0.25) is 5.91 Å². The van der Waals surface area contributed by atoms with Crippen LogP contribution in [0.4, 0.5) is 0 Å². The topological polar surface area (TPSA) is 53.3 Å². The Morgan fingerprint density at radius 1 is 1.42 bits per heavy atom. The van der Waals surface area contributed by atoms with Crippen molar-refractivity contribution in [2.75, 3.05) is 26.0 Å². The third-order valence-electron chi connectivity index (χ3n) is 2.48. The van der Waals surface area contributed by atoms with Gasteiger partial charge in [0.15, 0.2) is 0 Å². The van der Waals surface area contributed by atoms with E-state index in [1.54, 1.807) is 11.9 Å². The number of thioether (sulfide) groups is 1. The lowest BCUT2D eigenvalue weighted by Crippen LogP contribution is -2.29. The highest BCUT2D eigenvalue weighted by atomic mass is 32.2. The van der Waals surface area contributed by atoms with Crippen LogP contribution in [0.25, 0.3) is 0 Å². The number of rotatable bonds is 7. The predicted octanol–water partition coefficient (Wildman–Crippen LogP) is 2.55. The first-order chi connectivity index (χ1) is 9.17. The van der Waals surface area contributed by atoms with E-state index in [9.17, 15) is 4.79 Å². The predicted molar refractivity (Wildman–Crippen MR) is 76.2 cm³/mol. The maximum atomic E-state index is 11.8. The fraction of sp³-hybridized carbons (Fsp3) is 0.429. The zero-order chi connectivity index (χ0) is 14.1. The molecule has 1 aromatic rings. The molecule has 0 unspecified atom stereocenters. The summed E-state index contributed by atoms with van der Waals surface area (Å²) in [5.74, 6) is 1.26. The smallest absolute Gasteiger partial charge is 0.232 e. The maximum Gasteiger partial charge on any atom is 0.232 e. The third-order valence-corrected chi connectivity index (χ3v) is 3.48. The van der Waals surface area contributed by atoms with Crippen molar-refractivity contribution in [3.8, 4) is 11.8 Å². The molecular weight excluding hydrogens is 260 g/mol. The second-order valence-corrected chi connectivity index (χ2v) is 4.97. The summed E-state index contributed by atoms with van der Waals surface area (Å²) in [6.07, 6.45) is 0.371. The Bertz CT molecular complexity index is 440. The van der Waals surface area contributed by atoms with Gasteiger partial charge in [-0.3, -0.25) is 4.79 Å². The van der Waals surface area contributed by atoms with Gasteiger partial charge in [0, 0.05) is 18.5 Å². The van der Waals surface area contributed by atoms with Crippen LogP contribution in [0.5, 0.6) is 5.75 Å². The summed E-state index contributed by atoms with van der Waals surface area (Å²) in [4.78, 5) is 14.4. The minimum atomic E-state index is 0.0362. The van der Waals surface area contributed by atoms with Crippen LogP contribution in [0.15, 0.2) is 29.2 Å². The number of hydrogen-bond acceptors (Lipinski definition) is 4. The van der Waals surface area contributed by atoms with Crippen molar-refractivity contribution in [1.29, 1.82) is 5.26 Å². The van der Waals surface area contributed by atoms with E-state index in [2.05, 4.69) is 0 Å². The highest BCUT2D eigenvalue weighted by Crippen LogP contribution is 2.21. The molecule has 0 aliphatic heterocycles. The van der Waals surface area contributed by atoms with E-state index in [1.165, 1.54) is 11.8 Å². The van der Waals surface area contributed by atoms with Gasteiger partial charge >= 0.3 is 0 Å². The van der Waals surface area contributed by atoms with Gasteiger partial charge in [0.1, 0.15) is 5.75 Å². The molecule has 1 amide bonds. The van der Waals surface area contributed by atoms with Crippen LogP contribution in [0.2, 0.25) is 0 Å². The zero-order valence-corrected chi connectivity index (χ0v) is 12.1. The number of benzene rings is 1. The quantitative estimate of drug-likeness (QED) is 0.719. The number of carbonyl (C=O) groups excluding carboxylic acids is 1. The van der Waals surface area contributed by atoms with Crippen molar-refractivity contribution >= 4 is 17.7 Å². The second kappa shape index (κ2) is 8.44. The summed E-state index contributed by atoms with van der Waals surface area (Å²) >= 11 is 1.49. The SMILES string of the molecule is CCOc1ccc(SCC(=O)N(C)CCC#N)cc1. The van der Waals surface area contributed by atoms with Gasteiger partial charge in [0.05, 0.1) is 24.8 Å². The molecule has 0 aromatic heterocycles. The summed E-state index contributed by atoms with van der Waals surface area (Å²) in [7, 11) is 1.72. The minimum Gasteiger partial charge on any atom is -0.494 e. The molecule has 19 heavy (non-hydrogen) atoms. The van der Waals surface area contributed by atoms with Crippen LogP contribution in [0.3, 0.4) is 0 Å². The molecule has 0 spiro atoms. The van der Waals surface area contributed by atoms with Crippen molar-refractivity contribution in [1.82, 2.24) is 4.90 Å². The van der Waals surface area contributed by atoms with Crippen molar-refractivity contribution in [3.05, 3.63) is 24.3 Å². The van der Waals surface area contributed by atoms with E-state index >= 15 is 0 Å². The Hall–Kier alpha value is -1.67. The summed E-state index contributed by atoms with van der Waals surface area (Å²) in [5, 5.41) is 8.47. The first-order valence-corrected chi connectivity index (χ1v) is 7.12. The Balaban J connectivity index is 2.39. The van der Waals surface area contributed by atoms with Crippen molar-refractivity contribution in [2.45, 2.75) is 18.2 Å². The van der Waals surface area contributed by atoms with E-state index in [4.69, 9.17) is 10.00 Å². The highest BCUT2D eigenvalue weighted by Gasteiger charge is 2.08. The van der Waals surface area contributed by atoms with Crippen LogP contribution < -0.4 is 4.74 Å². The van der Waals surface area contributed by atoms with Gasteiger partial charge in [-0.15, -0.1) is 11.8 Å². The molecule has 5 heteroatoms. The lowest BCUT2D eigenvalue weighted by Gasteiger charge is -2.14. The Morgan fingerprint density at radius 3 is 2.68 bits per heavy atom. The van der Waals surface area contributed by atoms with Crippen LogP contribution in [0.1, 0.15) is 13.3 Å². The molecule has 0 atom stereocenters. The van der Waals surface area contributed by atoms with Crippen molar-refractivity contribution in [2.24, 2.45) is 0 Å². The minimum absolute atomic E-state index is 0.0362. The normalized spacial score (nSPS) is 9.74. The van der Waals surface area contributed by atoms with Gasteiger partial charge in [-0.05, 0) is 31.2 Å². The van der Waals surface area contributed by atoms with Gasteiger partial charge in [-0.1, -0.05) is 0 Å². The third kappa shape index (κ3) is 5.66.